The Bertz CT molecular complexity index is 432. The molecule has 0 fully saturated rings. The summed E-state index contributed by atoms with van der Waals surface area (Å²) in [4.78, 5) is 0. The van der Waals surface area contributed by atoms with Gasteiger partial charge >= 0.3 is 0 Å². The molecule has 70 valence electrons. The van der Waals surface area contributed by atoms with E-state index in [-0.39, 0.29) is 0 Å². The number of benzene rings is 1. The first kappa shape index (κ1) is 7.68. The predicted octanol–water partition coefficient (Wildman–Crippen LogP) is 3.05. The lowest BCUT2D eigenvalue weighted by Crippen LogP contribution is -2.14. The Morgan fingerprint density at radius 2 is 2.14 bits per heavy atom. The number of ether oxygens (including phenoxy) is 1. The summed E-state index contributed by atoms with van der Waals surface area (Å²) in [5.41, 5.74) is 2.16. The van der Waals surface area contributed by atoms with Crippen LogP contribution in [0, 0.1) is 0 Å². The average molecular weight is 185 g/mol. The van der Waals surface area contributed by atoms with Crippen LogP contribution in [0.2, 0.25) is 0 Å². The molecule has 0 aromatic heterocycles. The maximum absolute atomic E-state index is 5.80. The topological polar surface area (TPSA) is 21.3 Å². The van der Waals surface area contributed by atoms with Gasteiger partial charge in [-0.15, -0.1) is 0 Å². The van der Waals surface area contributed by atoms with E-state index in [4.69, 9.17) is 4.74 Å². The number of anilines is 1. The standard InChI is InChI=1S/C12H11NO/c1-3-7-11-9(5-1)13-10-6-2-4-8-12(10)14-11/h1-3,5-7,13H,4,8H2. The van der Waals surface area contributed by atoms with Crippen molar-refractivity contribution in [2.45, 2.75) is 12.8 Å². The third kappa shape index (κ3) is 1.11. The van der Waals surface area contributed by atoms with Gasteiger partial charge in [-0.05, 0) is 24.6 Å². The van der Waals surface area contributed by atoms with E-state index in [1.54, 1.807) is 0 Å². The van der Waals surface area contributed by atoms with E-state index in [9.17, 15) is 0 Å². The second-order valence-electron chi connectivity index (χ2n) is 3.50. The quantitative estimate of drug-likeness (QED) is 0.670. The highest BCUT2D eigenvalue weighted by Crippen LogP contribution is 2.35. The van der Waals surface area contributed by atoms with Crippen LogP contribution in [-0.2, 0) is 0 Å². The van der Waals surface area contributed by atoms with Gasteiger partial charge in [0.15, 0.2) is 0 Å². The molecule has 1 aromatic carbocycles. The third-order valence-electron chi connectivity index (χ3n) is 2.51. The van der Waals surface area contributed by atoms with E-state index in [1.165, 1.54) is 0 Å². The molecule has 0 bridgehead atoms. The van der Waals surface area contributed by atoms with Gasteiger partial charge in [-0.25, -0.2) is 0 Å². The van der Waals surface area contributed by atoms with Crippen LogP contribution < -0.4 is 10.1 Å². The van der Waals surface area contributed by atoms with Gasteiger partial charge in [0.25, 0.3) is 0 Å². The minimum Gasteiger partial charge on any atom is -0.457 e. The molecule has 0 radical (unpaired) electrons. The summed E-state index contributed by atoms with van der Waals surface area (Å²) in [6, 6.07) is 8.02. The zero-order valence-corrected chi connectivity index (χ0v) is 7.79. The fourth-order valence-corrected chi connectivity index (χ4v) is 1.80. The number of fused-ring (bicyclic) bond motifs is 1. The molecule has 0 atom stereocenters. The molecule has 1 aliphatic carbocycles. The molecule has 1 heterocycles. The second kappa shape index (κ2) is 2.91. The Morgan fingerprint density at radius 1 is 1.21 bits per heavy atom. The van der Waals surface area contributed by atoms with Crippen LogP contribution >= 0.6 is 0 Å². The van der Waals surface area contributed by atoms with Crippen LogP contribution in [0.5, 0.6) is 5.75 Å². The van der Waals surface area contributed by atoms with Gasteiger partial charge in [0, 0.05) is 6.42 Å². The molecule has 2 nitrogen and oxygen atoms in total. The van der Waals surface area contributed by atoms with E-state index in [1.807, 2.05) is 24.3 Å². The van der Waals surface area contributed by atoms with E-state index in [2.05, 4.69) is 17.5 Å². The molecular weight excluding hydrogens is 174 g/mol. The number of hydrogen-bond donors (Lipinski definition) is 1. The minimum atomic E-state index is 0.932. The molecule has 0 unspecified atom stereocenters. The van der Waals surface area contributed by atoms with Crippen molar-refractivity contribution in [1.82, 2.24) is 0 Å². The third-order valence-corrected chi connectivity index (χ3v) is 2.51. The SMILES string of the molecule is C1=CC2=C(CC1)Oc1ccccc1N2. The molecule has 3 rings (SSSR count). The van der Waals surface area contributed by atoms with Crippen molar-refractivity contribution in [3.05, 3.63) is 47.9 Å². The highest BCUT2D eigenvalue weighted by atomic mass is 16.5. The summed E-state index contributed by atoms with van der Waals surface area (Å²) in [5, 5.41) is 3.37. The number of para-hydroxylation sites is 2. The van der Waals surface area contributed by atoms with E-state index < -0.39 is 0 Å². The van der Waals surface area contributed by atoms with Crippen molar-refractivity contribution in [2.24, 2.45) is 0 Å². The van der Waals surface area contributed by atoms with Gasteiger partial charge in [-0.3, -0.25) is 0 Å². The Kier molecular flexibility index (Phi) is 1.60. The van der Waals surface area contributed by atoms with Gasteiger partial charge in [0.1, 0.15) is 11.5 Å². The Morgan fingerprint density at radius 3 is 3.14 bits per heavy atom. The van der Waals surface area contributed by atoms with Crippen LogP contribution in [0.15, 0.2) is 47.9 Å². The summed E-state index contributed by atoms with van der Waals surface area (Å²) in [6.45, 7) is 0. The average Bonchev–Trinajstić information content (AvgIpc) is 2.26. The fraction of sp³-hybridized carbons (Fsp3) is 0.167. The van der Waals surface area contributed by atoms with Crippen molar-refractivity contribution < 1.29 is 4.74 Å². The predicted molar refractivity (Wildman–Crippen MR) is 56.1 cm³/mol. The molecule has 0 saturated heterocycles. The summed E-state index contributed by atoms with van der Waals surface area (Å²) in [7, 11) is 0. The van der Waals surface area contributed by atoms with Crippen LogP contribution in [0.3, 0.4) is 0 Å². The second-order valence-corrected chi connectivity index (χ2v) is 3.50. The maximum Gasteiger partial charge on any atom is 0.150 e. The van der Waals surface area contributed by atoms with Crippen LogP contribution in [0.4, 0.5) is 5.69 Å². The lowest BCUT2D eigenvalue weighted by atomic mass is 10.1. The molecule has 14 heavy (non-hydrogen) atoms. The zero-order valence-electron chi connectivity index (χ0n) is 7.79. The summed E-state index contributed by atoms with van der Waals surface area (Å²) in [5.74, 6) is 1.99. The number of nitrogens with one attached hydrogen (secondary N) is 1. The normalized spacial score (nSPS) is 18.0. The van der Waals surface area contributed by atoms with Crippen molar-refractivity contribution in [1.29, 1.82) is 0 Å². The van der Waals surface area contributed by atoms with Gasteiger partial charge in [-0.2, -0.15) is 0 Å². The summed E-state index contributed by atoms with van der Waals surface area (Å²) >= 11 is 0. The highest BCUT2D eigenvalue weighted by Gasteiger charge is 2.18. The lowest BCUT2D eigenvalue weighted by Gasteiger charge is -2.25. The minimum absolute atomic E-state index is 0.932. The van der Waals surface area contributed by atoms with E-state index in [0.29, 0.717) is 0 Å². The maximum atomic E-state index is 5.80. The Labute approximate surface area is 82.9 Å². The fourth-order valence-electron chi connectivity index (χ4n) is 1.80. The molecule has 0 amide bonds. The van der Waals surface area contributed by atoms with Gasteiger partial charge in [-0.1, -0.05) is 18.2 Å². The molecule has 2 aliphatic rings. The molecule has 2 heteroatoms. The largest absolute Gasteiger partial charge is 0.457 e. The number of hydrogen-bond acceptors (Lipinski definition) is 2. The molecular formula is C12H11NO. The lowest BCUT2D eigenvalue weighted by molar-refractivity contribution is 0.393. The summed E-state index contributed by atoms with van der Waals surface area (Å²) < 4.78 is 5.80. The molecule has 0 saturated carbocycles. The van der Waals surface area contributed by atoms with Crippen molar-refractivity contribution in [3.8, 4) is 5.75 Å². The number of allylic oxidation sites excluding steroid dienone is 3. The van der Waals surface area contributed by atoms with Crippen molar-refractivity contribution in [2.75, 3.05) is 5.32 Å². The first-order valence-corrected chi connectivity index (χ1v) is 4.87. The van der Waals surface area contributed by atoms with Gasteiger partial charge in [0.05, 0.1) is 11.4 Å². The highest BCUT2D eigenvalue weighted by molar-refractivity contribution is 5.64. The van der Waals surface area contributed by atoms with Crippen LogP contribution in [0.25, 0.3) is 0 Å². The van der Waals surface area contributed by atoms with Crippen molar-refractivity contribution >= 4 is 5.69 Å². The smallest absolute Gasteiger partial charge is 0.150 e. The Balaban J connectivity index is 2.03. The van der Waals surface area contributed by atoms with Gasteiger partial charge in [0.2, 0.25) is 0 Å². The monoisotopic (exact) mass is 185 g/mol. The summed E-state index contributed by atoms with van der Waals surface area (Å²) in [6.07, 6.45) is 6.33. The molecule has 1 aliphatic heterocycles. The van der Waals surface area contributed by atoms with Gasteiger partial charge < -0.3 is 10.1 Å². The van der Waals surface area contributed by atoms with E-state index >= 15 is 0 Å². The van der Waals surface area contributed by atoms with Crippen LogP contribution in [-0.4, -0.2) is 0 Å². The zero-order chi connectivity index (χ0) is 9.38. The molecule has 1 N–H and O–H groups in total. The first-order chi connectivity index (χ1) is 6.93. The number of rotatable bonds is 0. The van der Waals surface area contributed by atoms with Crippen LogP contribution in [0.1, 0.15) is 12.8 Å². The van der Waals surface area contributed by atoms with E-state index in [0.717, 1.165) is 35.7 Å². The Hall–Kier alpha value is -1.70. The van der Waals surface area contributed by atoms with Crippen molar-refractivity contribution in [3.63, 3.8) is 0 Å². The molecule has 0 spiro atoms. The molecule has 1 aromatic rings. The first-order valence-electron chi connectivity index (χ1n) is 4.87.